The van der Waals surface area contributed by atoms with E-state index < -0.39 is 11.4 Å². The molecular weight excluding hydrogens is 381 g/mol. The Hall–Kier alpha value is -3.30. The van der Waals surface area contributed by atoms with Crippen molar-refractivity contribution in [3.05, 3.63) is 46.1 Å². The Morgan fingerprint density at radius 3 is 2.55 bits per heavy atom. The molecule has 1 aromatic carbocycles. The second kappa shape index (κ2) is 9.26. The van der Waals surface area contributed by atoms with E-state index in [9.17, 15) is 18.8 Å². The lowest BCUT2D eigenvalue weighted by molar-refractivity contribution is -0.132. The molecule has 0 radical (unpaired) electrons. The van der Waals surface area contributed by atoms with E-state index in [1.165, 1.54) is 18.2 Å². The predicted octanol–water partition coefficient (Wildman–Crippen LogP) is 1.20. The molecule has 1 aliphatic heterocycles. The fourth-order valence-electron chi connectivity index (χ4n) is 3.03. The summed E-state index contributed by atoms with van der Waals surface area (Å²) in [6, 6.07) is 5.67. The first kappa shape index (κ1) is 20.4. The van der Waals surface area contributed by atoms with Gasteiger partial charge in [-0.05, 0) is 19.1 Å². The van der Waals surface area contributed by atoms with Crippen LogP contribution in [0.15, 0.2) is 29.1 Å². The molecule has 9 nitrogen and oxygen atoms in total. The van der Waals surface area contributed by atoms with Crippen LogP contribution in [0.3, 0.4) is 0 Å². The number of amides is 2. The molecule has 1 N–H and O–H groups in total. The molecule has 2 aromatic rings. The molecule has 1 aliphatic rings. The van der Waals surface area contributed by atoms with Gasteiger partial charge < -0.3 is 19.5 Å². The smallest absolute Gasteiger partial charge is 0.409 e. The van der Waals surface area contributed by atoms with Crippen molar-refractivity contribution in [2.45, 2.75) is 19.8 Å². The molecule has 0 aliphatic carbocycles. The molecule has 0 bridgehead atoms. The lowest BCUT2D eigenvalue weighted by atomic mass is 10.2. The van der Waals surface area contributed by atoms with Crippen molar-refractivity contribution in [2.75, 3.05) is 32.8 Å². The van der Waals surface area contributed by atoms with E-state index in [1.54, 1.807) is 22.8 Å². The van der Waals surface area contributed by atoms with E-state index in [0.29, 0.717) is 38.3 Å². The van der Waals surface area contributed by atoms with Crippen LogP contribution >= 0.6 is 0 Å². The Morgan fingerprint density at radius 1 is 1.17 bits per heavy atom. The molecule has 0 unspecified atom stereocenters. The number of halogens is 1. The summed E-state index contributed by atoms with van der Waals surface area (Å²) in [5, 5.41) is 7.83. The van der Waals surface area contributed by atoms with Gasteiger partial charge in [0.25, 0.3) is 5.56 Å². The van der Waals surface area contributed by atoms with Gasteiger partial charge in [-0.25, -0.2) is 9.18 Å². The molecule has 3 rings (SSSR count). The van der Waals surface area contributed by atoms with E-state index in [-0.39, 0.29) is 36.4 Å². The molecule has 2 heterocycles. The van der Waals surface area contributed by atoms with Crippen LogP contribution in [0.4, 0.5) is 9.18 Å². The van der Waals surface area contributed by atoms with Gasteiger partial charge >= 0.3 is 6.09 Å². The highest BCUT2D eigenvalue weighted by Crippen LogP contribution is 2.14. The van der Waals surface area contributed by atoms with Gasteiger partial charge in [-0.15, -0.1) is 10.2 Å². The molecule has 29 heavy (non-hydrogen) atoms. The van der Waals surface area contributed by atoms with Gasteiger partial charge in [0.15, 0.2) is 5.82 Å². The maximum Gasteiger partial charge on any atom is 0.409 e. The first-order valence-corrected chi connectivity index (χ1v) is 9.39. The average molecular weight is 403 g/mol. The summed E-state index contributed by atoms with van der Waals surface area (Å²) in [7, 11) is 0. The summed E-state index contributed by atoms with van der Waals surface area (Å²) in [6.07, 6.45) is -0.126. The molecule has 1 aromatic heterocycles. The molecule has 0 saturated carbocycles. The number of carbonyl (C=O) groups is 2. The first-order chi connectivity index (χ1) is 14.0. The number of nitrogens with zero attached hydrogens (tertiary/aromatic N) is 4. The van der Waals surface area contributed by atoms with E-state index in [0.717, 1.165) is 0 Å². The summed E-state index contributed by atoms with van der Waals surface area (Å²) < 4.78 is 18.3. The zero-order valence-electron chi connectivity index (χ0n) is 16.1. The third-order valence-corrected chi connectivity index (χ3v) is 4.60. The summed E-state index contributed by atoms with van der Waals surface area (Å²) in [4.78, 5) is 42.1. The molecule has 0 spiro atoms. The van der Waals surface area contributed by atoms with E-state index >= 15 is 0 Å². The first-order valence-electron chi connectivity index (χ1n) is 9.39. The lowest BCUT2D eigenvalue weighted by Gasteiger charge is -2.34. The topological polar surface area (TPSA) is 108 Å². The Bertz CT molecular complexity index is 940. The molecule has 10 heteroatoms. The third-order valence-electron chi connectivity index (χ3n) is 4.60. The van der Waals surface area contributed by atoms with Crippen LogP contribution in [0.25, 0.3) is 11.4 Å². The highest BCUT2D eigenvalue weighted by Gasteiger charge is 2.24. The van der Waals surface area contributed by atoms with Gasteiger partial charge in [-0.3, -0.25) is 9.59 Å². The summed E-state index contributed by atoms with van der Waals surface area (Å²) in [6.45, 7) is 3.70. The maximum absolute atomic E-state index is 13.3. The molecule has 1 saturated heterocycles. The van der Waals surface area contributed by atoms with Crippen molar-refractivity contribution >= 4 is 12.0 Å². The number of aromatic amines is 1. The van der Waals surface area contributed by atoms with Crippen LogP contribution in [0.5, 0.6) is 0 Å². The van der Waals surface area contributed by atoms with Crippen molar-refractivity contribution in [3.63, 3.8) is 0 Å². The number of benzene rings is 1. The molecule has 1 fully saturated rings. The Kier molecular flexibility index (Phi) is 6.53. The molecule has 2 amide bonds. The maximum atomic E-state index is 13.3. The number of piperazine rings is 1. The highest BCUT2D eigenvalue weighted by atomic mass is 19.1. The van der Waals surface area contributed by atoms with Gasteiger partial charge in [0.2, 0.25) is 5.91 Å². The third kappa shape index (κ3) is 5.15. The minimum absolute atomic E-state index is 0.108. The molecular formula is C19H22FN5O4. The van der Waals surface area contributed by atoms with Crippen molar-refractivity contribution in [3.8, 4) is 11.4 Å². The number of nitrogens with one attached hydrogen (secondary N) is 1. The number of carbonyl (C=O) groups excluding carboxylic acids is 2. The predicted molar refractivity (Wildman–Crippen MR) is 102 cm³/mol. The normalized spacial score (nSPS) is 14.0. The Balaban J connectivity index is 1.54. The second-order valence-corrected chi connectivity index (χ2v) is 6.53. The number of rotatable bonds is 5. The zero-order chi connectivity index (χ0) is 20.8. The van der Waals surface area contributed by atoms with E-state index in [2.05, 4.69) is 15.2 Å². The lowest BCUT2D eigenvalue weighted by Crippen LogP contribution is -2.50. The number of ether oxygens (including phenoxy) is 1. The monoisotopic (exact) mass is 403 g/mol. The number of hydrogen-bond acceptors (Lipinski definition) is 6. The number of aryl methyl sites for hydroxylation is 1. The van der Waals surface area contributed by atoms with Gasteiger partial charge in [0.1, 0.15) is 11.5 Å². The Morgan fingerprint density at radius 2 is 1.90 bits per heavy atom. The second-order valence-electron chi connectivity index (χ2n) is 6.53. The Labute approximate surface area is 166 Å². The quantitative estimate of drug-likeness (QED) is 0.804. The standard InChI is InChI=1S/C19H22FN5O4/c1-2-29-19(28)25-10-8-24(9-11-25)16(26)7-6-15-18(27)21-17(23-22-15)13-4-3-5-14(20)12-13/h3-5,12H,2,6-11H2,1H3,(H,21,23,27). The van der Waals surface area contributed by atoms with Crippen LogP contribution in [-0.2, 0) is 16.0 Å². The fourth-order valence-corrected chi connectivity index (χ4v) is 3.03. The van der Waals surface area contributed by atoms with Crippen LogP contribution < -0.4 is 5.56 Å². The molecule has 154 valence electrons. The molecule has 0 atom stereocenters. The number of aromatic nitrogens is 3. The summed E-state index contributed by atoms with van der Waals surface area (Å²) in [5.41, 5.74) is 0.0968. The van der Waals surface area contributed by atoms with Crippen molar-refractivity contribution in [1.29, 1.82) is 0 Å². The average Bonchev–Trinajstić information content (AvgIpc) is 2.73. The summed E-state index contributed by atoms with van der Waals surface area (Å²) >= 11 is 0. The zero-order valence-corrected chi connectivity index (χ0v) is 16.1. The largest absolute Gasteiger partial charge is 0.450 e. The fraction of sp³-hybridized carbons (Fsp3) is 0.421. The van der Waals surface area contributed by atoms with Crippen LogP contribution in [0.2, 0.25) is 0 Å². The number of hydrogen-bond donors (Lipinski definition) is 1. The highest BCUT2D eigenvalue weighted by molar-refractivity contribution is 5.77. The van der Waals surface area contributed by atoms with Crippen molar-refractivity contribution < 1.29 is 18.7 Å². The summed E-state index contributed by atoms with van der Waals surface area (Å²) in [5.74, 6) is -0.397. The van der Waals surface area contributed by atoms with E-state index in [4.69, 9.17) is 4.74 Å². The van der Waals surface area contributed by atoms with Crippen LogP contribution in [0.1, 0.15) is 19.0 Å². The van der Waals surface area contributed by atoms with Gasteiger partial charge in [-0.2, -0.15) is 0 Å². The van der Waals surface area contributed by atoms with Crippen molar-refractivity contribution in [1.82, 2.24) is 25.0 Å². The van der Waals surface area contributed by atoms with Gasteiger partial charge in [0.05, 0.1) is 6.61 Å². The van der Waals surface area contributed by atoms with Gasteiger partial charge in [-0.1, -0.05) is 12.1 Å². The SMILES string of the molecule is CCOC(=O)N1CCN(C(=O)CCc2nnc(-c3cccc(F)c3)[nH]c2=O)CC1. The minimum Gasteiger partial charge on any atom is -0.450 e. The minimum atomic E-state index is -0.459. The van der Waals surface area contributed by atoms with Crippen molar-refractivity contribution in [2.24, 2.45) is 0 Å². The van der Waals surface area contributed by atoms with Crippen LogP contribution in [0, 0.1) is 5.82 Å². The van der Waals surface area contributed by atoms with Gasteiger partial charge in [0, 0.05) is 44.6 Å². The van der Waals surface area contributed by atoms with Crippen LogP contribution in [-0.4, -0.2) is 69.8 Å². The number of H-pyrrole nitrogens is 1. The van der Waals surface area contributed by atoms with E-state index in [1.807, 2.05) is 0 Å².